The number of amides is 1. The summed E-state index contributed by atoms with van der Waals surface area (Å²) >= 11 is 12.7. The second kappa shape index (κ2) is 16.0. The van der Waals surface area contributed by atoms with Gasteiger partial charge in [-0.25, -0.2) is 0 Å². The van der Waals surface area contributed by atoms with Gasteiger partial charge in [0.1, 0.15) is 18.0 Å². The fourth-order valence-electron chi connectivity index (χ4n) is 3.61. The smallest absolute Gasteiger partial charge is 0.254 e. The molecule has 2 unspecified atom stereocenters. The maximum atomic E-state index is 12.8. The molecule has 3 N–H and O–H groups in total. The van der Waals surface area contributed by atoms with Crippen molar-refractivity contribution in [1.82, 2.24) is 4.90 Å². The topological polar surface area (TPSA) is 88.1 Å². The molecule has 1 aliphatic heterocycles. The summed E-state index contributed by atoms with van der Waals surface area (Å²) in [6, 6.07) is 3.57. The van der Waals surface area contributed by atoms with Crippen molar-refractivity contribution >= 4 is 49.9 Å². The number of rotatable bonds is 10. The van der Waals surface area contributed by atoms with Gasteiger partial charge in [-0.2, -0.15) is 0 Å². The van der Waals surface area contributed by atoms with E-state index >= 15 is 0 Å². The van der Waals surface area contributed by atoms with Crippen LogP contribution in [0.25, 0.3) is 0 Å². The molecule has 1 aromatic carbocycles. The van der Waals surface area contributed by atoms with Crippen LogP contribution in [0.3, 0.4) is 0 Å². The molecule has 0 radical (unpaired) electrons. The summed E-state index contributed by atoms with van der Waals surface area (Å²) in [5.74, 6) is 0.145. The molecule has 2 rings (SSSR count). The third-order valence-electron chi connectivity index (χ3n) is 5.66. The van der Waals surface area contributed by atoms with Crippen molar-refractivity contribution in [2.24, 2.45) is 10.7 Å². The number of aliphatic imine (C=N–C) groups is 1. The molecule has 1 heterocycles. The first-order valence-electron chi connectivity index (χ1n) is 12.3. The quantitative estimate of drug-likeness (QED) is 0.163. The summed E-state index contributed by atoms with van der Waals surface area (Å²) in [5.41, 5.74) is 7.00. The SMILES string of the molecule is C=CC(=C\C(OCc1c(Cl)ccc(P)c1Cl)=C(/C)N)/C(C=NC)=C/CC(C)(O)C(=O)N1CCCC1.CC. The molecule has 37 heavy (non-hydrogen) atoms. The van der Waals surface area contributed by atoms with Crippen molar-refractivity contribution < 1.29 is 14.6 Å². The summed E-state index contributed by atoms with van der Waals surface area (Å²) < 4.78 is 5.99. The van der Waals surface area contributed by atoms with Gasteiger partial charge in [-0.05, 0) is 55.3 Å². The van der Waals surface area contributed by atoms with Crippen LogP contribution in [-0.4, -0.2) is 47.9 Å². The van der Waals surface area contributed by atoms with E-state index in [-0.39, 0.29) is 18.9 Å². The van der Waals surface area contributed by atoms with E-state index in [4.69, 9.17) is 33.7 Å². The van der Waals surface area contributed by atoms with Gasteiger partial charge in [-0.15, -0.1) is 9.24 Å². The Morgan fingerprint density at radius 2 is 1.92 bits per heavy atom. The minimum atomic E-state index is -1.53. The van der Waals surface area contributed by atoms with Crippen molar-refractivity contribution in [2.75, 3.05) is 20.1 Å². The lowest BCUT2D eigenvalue weighted by Crippen LogP contribution is -2.45. The van der Waals surface area contributed by atoms with Crippen LogP contribution in [0.2, 0.25) is 10.0 Å². The summed E-state index contributed by atoms with van der Waals surface area (Å²) in [5, 5.41) is 12.7. The fourth-order valence-corrected chi connectivity index (χ4v) is 4.36. The Morgan fingerprint density at radius 3 is 2.46 bits per heavy atom. The summed E-state index contributed by atoms with van der Waals surface area (Å²) in [6.07, 6.45) is 8.81. The number of nitrogens with two attached hydrogens (primary N) is 1. The lowest BCUT2D eigenvalue weighted by molar-refractivity contribution is -0.148. The van der Waals surface area contributed by atoms with Gasteiger partial charge >= 0.3 is 0 Å². The summed E-state index contributed by atoms with van der Waals surface area (Å²) in [7, 11) is 4.20. The van der Waals surface area contributed by atoms with Crippen LogP contribution >= 0.6 is 32.4 Å². The molecule has 1 amide bonds. The molecular formula is C28H40Cl2N3O3P. The van der Waals surface area contributed by atoms with Crippen LogP contribution in [0.4, 0.5) is 0 Å². The second-order valence-electron chi connectivity index (χ2n) is 8.59. The summed E-state index contributed by atoms with van der Waals surface area (Å²) in [4.78, 5) is 18.6. The van der Waals surface area contributed by atoms with E-state index in [0.29, 0.717) is 51.3 Å². The van der Waals surface area contributed by atoms with Gasteiger partial charge in [-0.3, -0.25) is 9.79 Å². The molecular weight excluding hydrogens is 528 g/mol. The minimum Gasteiger partial charge on any atom is -0.487 e. The molecule has 9 heteroatoms. The number of benzene rings is 1. The van der Waals surface area contributed by atoms with Gasteiger partial charge in [0, 0.05) is 49.1 Å². The molecule has 1 saturated heterocycles. The number of carbonyl (C=O) groups excluding carboxylic acids is 1. The lowest BCUT2D eigenvalue weighted by Gasteiger charge is -2.27. The van der Waals surface area contributed by atoms with Crippen molar-refractivity contribution in [2.45, 2.75) is 59.2 Å². The van der Waals surface area contributed by atoms with E-state index < -0.39 is 5.60 Å². The Kier molecular flexibility index (Phi) is 14.2. The molecule has 0 aliphatic carbocycles. The molecule has 204 valence electrons. The van der Waals surface area contributed by atoms with E-state index in [9.17, 15) is 9.90 Å². The molecule has 1 aromatic rings. The van der Waals surface area contributed by atoms with Crippen molar-refractivity contribution in [3.8, 4) is 0 Å². The van der Waals surface area contributed by atoms with Crippen LogP contribution < -0.4 is 11.0 Å². The maximum Gasteiger partial charge on any atom is 0.254 e. The third-order valence-corrected chi connectivity index (χ3v) is 7.12. The number of hydrogen-bond donors (Lipinski definition) is 2. The Balaban J connectivity index is 0.00000334. The van der Waals surface area contributed by atoms with Crippen LogP contribution in [0.1, 0.15) is 52.5 Å². The normalized spacial score (nSPS) is 16.6. The zero-order valence-electron chi connectivity index (χ0n) is 22.5. The highest BCUT2D eigenvalue weighted by Gasteiger charge is 2.34. The molecule has 6 nitrogen and oxygen atoms in total. The minimum absolute atomic E-state index is 0.114. The molecule has 0 bridgehead atoms. The zero-order chi connectivity index (χ0) is 28.2. The number of ether oxygens (including phenoxy) is 1. The number of likely N-dealkylation sites (tertiary alicyclic amines) is 1. The Labute approximate surface area is 234 Å². The van der Waals surface area contributed by atoms with Gasteiger partial charge < -0.3 is 20.5 Å². The molecule has 0 aromatic heterocycles. The lowest BCUT2D eigenvalue weighted by atomic mass is 9.96. The number of hydrogen-bond acceptors (Lipinski definition) is 5. The van der Waals surface area contributed by atoms with Crippen molar-refractivity contribution in [1.29, 1.82) is 0 Å². The van der Waals surface area contributed by atoms with Crippen molar-refractivity contribution in [3.63, 3.8) is 0 Å². The first-order valence-corrected chi connectivity index (χ1v) is 13.6. The first-order chi connectivity index (χ1) is 17.5. The zero-order valence-corrected chi connectivity index (χ0v) is 25.1. The highest BCUT2D eigenvalue weighted by Crippen LogP contribution is 2.27. The monoisotopic (exact) mass is 567 g/mol. The standard InChI is InChI=1S/C26H34Cl2N3O3P.C2H6/c1-5-18(14-22(17(2)29)34-16-20-21(27)8-9-23(35)24(20)28)19(15-30-4)10-11-26(3,33)25(32)31-12-6-7-13-31;1-2/h5,8-10,14-15,33H,1,6-7,11-13,16,29,35H2,2-4H3;1-2H3/b18-14+,19-10+,22-17-,30-15?;. The number of nitrogens with zero attached hydrogens (tertiary/aromatic N) is 2. The number of allylic oxidation sites excluding steroid dienone is 5. The Bertz CT molecular complexity index is 1070. The maximum absolute atomic E-state index is 12.8. The van der Waals surface area contributed by atoms with E-state index in [1.54, 1.807) is 49.4 Å². The Hall–Kier alpha value is -2.11. The Morgan fingerprint density at radius 1 is 1.30 bits per heavy atom. The highest BCUT2D eigenvalue weighted by atomic mass is 35.5. The second-order valence-corrected chi connectivity index (χ2v) is 10.0. The predicted molar refractivity (Wildman–Crippen MR) is 161 cm³/mol. The van der Waals surface area contributed by atoms with Crippen LogP contribution in [0.5, 0.6) is 0 Å². The third kappa shape index (κ3) is 9.61. The summed E-state index contributed by atoms with van der Waals surface area (Å²) in [6.45, 7) is 12.6. The van der Waals surface area contributed by atoms with E-state index in [2.05, 4.69) is 20.8 Å². The van der Waals surface area contributed by atoms with E-state index in [0.717, 1.165) is 18.1 Å². The van der Waals surface area contributed by atoms with Crippen LogP contribution in [0, 0.1) is 0 Å². The molecule has 0 saturated carbocycles. The van der Waals surface area contributed by atoms with Gasteiger partial charge in [0.05, 0.1) is 5.02 Å². The van der Waals surface area contributed by atoms with Gasteiger partial charge in [-0.1, -0.05) is 61.8 Å². The number of carbonyl (C=O) groups is 1. The largest absolute Gasteiger partial charge is 0.487 e. The molecule has 0 spiro atoms. The van der Waals surface area contributed by atoms with Crippen LogP contribution in [-0.2, 0) is 16.1 Å². The van der Waals surface area contributed by atoms with E-state index in [1.165, 1.54) is 6.92 Å². The van der Waals surface area contributed by atoms with Gasteiger partial charge in [0.2, 0.25) is 0 Å². The van der Waals surface area contributed by atoms with Crippen molar-refractivity contribution in [3.05, 3.63) is 75.2 Å². The first kappa shape index (κ1) is 32.9. The van der Waals surface area contributed by atoms with Gasteiger partial charge in [0.15, 0.2) is 0 Å². The van der Waals surface area contributed by atoms with Gasteiger partial charge in [0.25, 0.3) is 5.91 Å². The molecule has 2 atom stereocenters. The van der Waals surface area contributed by atoms with Crippen LogP contribution in [0.15, 0.2) is 64.5 Å². The average molecular weight is 569 g/mol. The average Bonchev–Trinajstić information content (AvgIpc) is 3.41. The number of aliphatic hydroxyl groups is 1. The fraction of sp³-hybridized carbons (Fsp3) is 0.429. The van der Waals surface area contributed by atoms with E-state index in [1.807, 2.05) is 19.9 Å². The highest BCUT2D eigenvalue weighted by molar-refractivity contribution is 7.28. The number of halogens is 2. The molecule has 1 aliphatic rings. The predicted octanol–water partition coefficient (Wildman–Crippen LogP) is 5.73. The molecule has 1 fully saturated rings.